The van der Waals surface area contributed by atoms with Crippen molar-refractivity contribution in [1.29, 1.82) is 0 Å². The van der Waals surface area contributed by atoms with E-state index in [2.05, 4.69) is 15.1 Å². The minimum Gasteiger partial charge on any atom is -0.368 e. The monoisotopic (exact) mass is 415 g/mol. The van der Waals surface area contributed by atoms with E-state index in [0.29, 0.717) is 39.3 Å². The second-order valence-corrected chi connectivity index (χ2v) is 9.85. The van der Waals surface area contributed by atoms with E-state index >= 15 is 0 Å². The lowest BCUT2D eigenvalue weighted by molar-refractivity contribution is -0.142. The minimum absolute atomic E-state index is 0.124. The largest absolute Gasteiger partial charge is 0.368 e. The van der Waals surface area contributed by atoms with Crippen molar-refractivity contribution >= 4 is 21.7 Å². The van der Waals surface area contributed by atoms with Crippen LogP contribution >= 0.6 is 0 Å². The van der Waals surface area contributed by atoms with Gasteiger partial charge in [0.25, 0.3) is 5.91 Å². The summed E-state index contributed by atoms with van der Waals surface area (Å²) in [5, 5.41) is 3.34. The van der Waals surface area contributed by atoms with Gasteiger partial charge in [0, 0.05) is 59.0 Å². The molecule has 1 amide bonds. The average molecular weight is 416 g/mol. The third-order valence-corrected chi connectivity index (χ3v) is 7.15. The van der Waals surface area contributed by atoms with E-state index in [1.807, 2.05) is 11.8 Å². The van der Waals surface area contributed by atoms with Crippen LogP contribution in [0.2, 0.25) is 0 Å². The smallest absolute Gasteiger partial charge is 0.251 e. The number of sulfone groups is 1. The molecule has 0 aromatic rings. The summed E-state index contributed by atoms with van der Waals surface area (Å²) in [6.45, 7) is 9.00. The highest BCUT2D eigenvalue weighted by atomic mass is 32.2. The summed E-state index contributed by atoms with van der Waals surface area (Å²) in [5.74, 6) is 1.49. The lowest BCUT2D eigenvalue weighted by atomic mass is 10.2. The fourth-order valence-electron chi connectivity index (χ4n) is 3.81. The Morgan fingerprint density at radius 1 is 1.11 bits per heavy atom. The van der Waals surface area contributed by atoms with Crippen LogP contribution in [-0.4, -0.2) is 118 Å². The Kier molecular flexibility index (Phi) is 7.53. The van der Waals surface area contributed by atoms with Crippen LogP contribution in [0.3, 0.4) is 0 Å². The van der Waals surface area contributed by atoms with Crippen molar-refractivity contribution in [3.63, 3.8) is 0 Å². The first-order valence-electron chi connectivity index (χ1n) is 10.3. The number of ether oxygens (including phenoxy) is 1. The van der Waals surface area contributed by atoms with Gasteiger partial charge in [-0.2, -0.15) is 0 Å². The lowest BCUT2D eigenvalue weighted by Crippen LogP contribution is -2.55. The van der Waals surface area contributed by atoms with Crippen LogP contribution in [0.1, 0.15) is 19.8 Å². The highest BCUT2D eigenvalue weighted by Crippen LogP contribution is 2.16. The molecule has 0 aromatic carbocycles. The summed E-state index contributed by atoms with van der Waals surface area (Å²) in [6, 6.07) is 0. The predicted octanol–water partition coefficient (Wildman–Crippen LogP) is -0.994. The van der Waals surface area contributed by atoms with Crippen LogP contribution in [0.4, 0.5) is 0 Å². The molecule has 0 aromatic heterocycles. The van der Waals surface area contributed by atoms with Gasteiger partial charge < -0.3 is 19.9 Å². The zero-order chi connectivity index (χ0) is 20.0. The molecule has 3 saturated heterocycles. The number of guanidine groups is 1. The van der Waals surface area contributed by atoms with E-state index in [9.17, 15) is 13.2 Å². The van der Waals surface area contributed by atoms with Crippen molar-refractivity contribution in [2.24, 2.45) is 4.99 Å². The number of hydrogen-bond acceptors (Lipinski definition) is 6. The number of rotatable bonds is 5. The molecule has 9 nitrogen and oxygen atoms in total. The van der Waals surface area contributed by atoms with Gasteiger partial charge in [-0.25, -0.2) is 8.42 Å². The maximum Gasteiger partial charge on any atom is 0.251 e. The second-order valence-electron chi connectivity index (χ2n) is 7.54. The Bertz CT molecular complexity index is 641. The van der Waals surface area contributed by atoms with Crippen LogP contribution in [0.5, 0.6) is 0 Å². The summed E-state index contributed by atoms with van der Waals surface area (Å²) in [7, 11) is -2.84. The average Bonchev–Trinajstić information content (AvgIpc) is 3.23. The van der Waals surface area contributed by atoms with Gasteiger partial charge in [-0.15, -0.1) is 0 Å². The van der Waals surface area contributed by atoms with E-state index in [1.165, 1.54) is 0 Å². The Hall–Kier alpha value is -1.39. The Morgan fingerprint density at radius 3 is 2.39 bits per heavy atom. The molecule has 28 heavy (non-hydrogen) atoms. The summed E-state index contributed by atoms with van der Waals surface area (Å²) in [4.78, 5) is 23.5. The third kappa shape index (κ3) is 5.81. The Balaban J connectivity index is 1.46. The molecule has 0 spiro atoms. The van der Waals surface area contributed by atoms with Gasteiger partial charge in [0.05, 0.1) is 18.1 Å². The van der Waals surface area contributed by atoms with Crippen LogP contribution in [0, 0.1) is 0 Å². The zero-order valence-corrected chi connectivity index (χ0v) is 17.6. The molecular weight excluding hydrogens is 382 g/mol. The number of piperazine rings is 1. The quantitative estimate of drug-likeness (QED) is 0.455. The summed E-state index contributed by atoms with van der Waals surface area (Å²) in [6.07, 6.45) is 1.55. The third-order valence-electron chi connectivity index (χ3n) is 5.55. The van der Waals surface area contributed by atoms with Crippen LogP contribution in [-0.2, 0) is 19.4 Å². The normalized spacial score (nSPS) is 26.5. The fraction of sp³-hybridized carbons (Fsp3) is 0.889. The molecule has 0 saturated carbocycles. The first-order chi connectivity index (χ1) is 13.5. The van der Waals surface area contributed by atoms with Crippen molar-refractivity contribution in [3.05, 3.63) is 0 Å². The van der Waals surface area contributed by atoms with E-state index in [-0.39, 0.29) is 23.5 Å². The molecule has 10 heteroatoms. The SMILES string of the molecule is CCNC(=NCCN1CCS(=O)(=O)CC1)N1CCN(C(=O)C2CCCO2)CC1. The summed E-state index contributed by atoms with van der Waals surface area (Å²) < 4.78 is 28.6. The number of carbonyl (C=O) groups excluding carboxylic acids is 1. The van der Waals surface area contributed by atoms with Crippen molar-refractivity contribution in [3.8, 4) is 0 Å². The lowest BCUT2D eigenvalue weighted by Gasteiger charge is -2.37. The van der Waals surface area contributed by atoms with Gasteiger partial charge in [-0.3, -0.25) is 14.7 Å². The molecule has 1 atom stereocenters. The minimum atomic E-state index is -2.84. The zero-order valence-electron chi connectivity index (χ0n) is 16.8. The highest BCUT2D eigenvalue weighted by Gasteiger charge is 2.31. The van der Waals surface area contributed by atoms with Gasteiger partial charge in [-0.05, 0) is 19.8 Å². The number of hydrogen-bond donors (Lipinski definition) is 1. The summed E-state index contributed by atoms with van der Waals surface area (Å²) in [5.41, 5.74) is 0. The van der Waals surface area contributed by atoms with Crippen molar-refractivity contribution in [2.75, 3.05) is 77.0 Å². The van der Waals surface area contributed by atoms with Gasteiger partial charge in [-0.1, -0.05) is 0 Å². The van der Waals surface area contributed by atoms with E-state index in [0.717, 1.165) is 45.0 Å². The van der Waals surface area contributed by atoms with Crippen molar-refractivity contribution in [1.82, 2.24) is 20.0 Å². The second kappa shape index (κ2) is 9.89. The molecule has 3 heterocycles. The molecule has 3 aliphatic rings. The van der Waals surface area contributed by atoms with Crippen molar-refractivity contribution < 1.29 is 17.9 Å². The molecule has 3 aliphatic heterocycles. The number of amides is 1. The molecule has 0 aliphatic carbocycles. The number of nitrogens with one attached hydrogen (secondary N) is 1. The van der Waals surface area contributed by atoms with Crippen LogP contribution in [0.15, 0.2) is 4.99 Å². The molecule has 160 valence electrons. The Labute approximate surface area is 168 Å². The molecule has 3 rings (SSSR count). The number of carbonyl (C=O) groups is 1. The topological polar surface area (TPSA) is 94.5 Å². The number of nitrogens with zero attached hydrogens (tertiary/aromatic N) is 4. The van der Waals surface area contributed by atoms with Gasteiger partial charge in [0.2, 0.25) is 0 Å². The molecule has 0 bridgehead atoms. The highest BCUT2D eigenvalue weighted by molar-refractivity contribution is 7.91. The predicted molar refractivity (Wildman–Crippen MR) is 108 cm³/mol. The summed E-state index contributed by atoms with van der Waals surface area (Å²) >= 11 is 0. The van der Waals surface area contributed by atoms with Crippen LogP contribution in [0.25, 0.3) is 0 Å². The first kappa shape index (κ1) is 21.3. The first-order valence-corrected chi connectivity index (χ1v) is 12.2. The van der Waals surface area contributed by atoms with Gasteiger partial charge in [0.1, 0.15) is 6.10 Å². The number of aliphatic imine (C=N–C) groups is 1. The molecule has 1 unspecified atom stereocenters. The van der Waals surface area contributed by atoms with Gasteiger partial charge >= 0.3 is 0 Å². The fourth-order valence-corrected chi connectivity index (χ4v) is 5.09. The molecule has 1 N–H and O–H groups in total. The molecule has 3 fully saturated rings. The van der Waals surface area contributed by atoms with E-state index in [4.69, 9.17) is 9.73 Å². The maximum absolute atomic E-state index is 12.5. The Morgan fingerprint density at radius 2 is 1.79 bits per heavy atom. The van der Waals surface area contributed by atoms with Crippen LogP contribution < -0.4 is 5.32 Å². The van der Waals surface area contributed by atoms with E-state index < -0.39 is 9.84 Å². The maximum atomic E-state index is 12.5. The molecule has 0 radical (unpaired) electrons. The van der Waals surface area contributed by atoms with Gasteiger partial charge in [0.15, 0.2) is 15.8 Å². The van der Waals surface area contributed by atoms with Crippen molar-refractivity contribution in [2.45, 2.75) is 25.9 Å². The van der Waals surface area contributed by atoms with E-state index in [1.54, 1.807) is 0 Å². The molecular formula is C18H33N5O4S. The standard InChI is InChI=1S/C18H33N5O4S/c1-2-19-18(20-5-6-21-11-14-28(25,26)15-12-21)23-9-7-22(8-10-23)17(24)16-4-3-13-27-16/h16H,2-15H2,1H3,(H,19,20).